The highest BCUT2D eigenvalue weighted by atomic mass is 35.5. The minimum atomic E-state index is 0.358. The van der Waals surface area contributed by atoms with Crippen LogP contribution in [-0.2, 0) is 0 Å². The van der Waals surface area contributed by atoms with E-state index in [1.165, 1.54) is 11.1 Å². The number of hydrogen-bond acceptors (Lipinski definition) is 1. The molecule has 0 amide bonds. The topological polar surface area (TPSA) is 12.0 Å². The van der Waals surface area contributed by atoms with E-state index >= 15 is 0 Å². The summed E-state index contributed by atoms with van der Waals surface area (Å²) in [5.74, 6) is 2.70. The third-order valence-electron chi connectivity index (χ3n) is 3.07. The molecule has 2 heteroatoms. The molecule has 0 spiro atoms. The van der Waals surface area contributed by atoms with Crippen molar-refractivity contribution in [1.29, 1.82) is 0 Å². The molecule has 1 rings (SSSR count). The van der Waals surface area contributed by atoms with Gasteiger partial charge in [-0.1, -0.05) is 24.6 Å². The summed E-state index contributed by atoms with van der Waals surface area (Å²) in [5.41, 5.74) is 2.58. The van der Waals surface area contributed by atoms with Crippen molar-refractivity contribution in [3.05, 3.63) is 34.3 Å². The molecule has 0 aromatic heterocycles. The van der Waals surface area contributed by atoms with Gasteiger partial charge in [0.2, 0.25) is 0 Å². The molecule has 1 unspecified atom stereocenters. The average Bonchev–Trinajstić information content (AvgIpc) is 2.37. The van der Waals surface area contributed by atoms with Crippen LogP contribution in [0, 0.1) is 19.3 Å². The first-order valence-electron chi connectivity index (χ1n) is 6.62. The Morgan fingerprint density at radius 1 is 1.44 bits per heavy atom. The molecule has 0 saturated heterocycles. The van der Waals surface area contributed by atoms with Crippen LogP contribution in [0.3, 0.4) is 0 Å². The van der Waals surface area contributed by atoms with Gasteiger partial charge in [0.15, 0.2) is 0 Å². The molecule has 1 aromatic carbocycles. The van der Waals surface area contributed by atoms with Gasteiger partial charge in [-0.2, -0.15) is 0 Å². The van der Waals surface area contributed by atoms with Crippen molar-refractivity contribution in [3.63, 3.8) is 0 Å². The quantitative estimate of drug-likeness (QED) is 0.564. The van der Waals surface area contributed by atoms with Crippen molar-refractivity contribution in [3.8, 4) is 12.3 Å². The molecule has 18 heavy (non-hydrogen) atoms. The van der Waals surface area contributed by atoms with Gasteiger partial charge in [-0.05, 0) is 56.0 Å². The first kappa shape index (κ1) is 15.1. The molecule has 0 heterocycles. The van der Waals surface area contributed by atoms with E-state index in [0.29, 0.717) is 6.04 Å². The highest BCUT2D eigenvalue weighted by Gasteiger charge is 2.13. The zero-order valence-electron chi connectivity index (χ0n) is 11.3. The predicted octanol–water partition coefficient (Wildman–Crippen LogP) is 4.49. The summed E-state index contributed by atoms with van der Waals surface area (Å²) in [5, 5.41) is 4.39. The lowest BCUT2D eigenvalue weighted by Gasteiger charge is -2.21. The Balaban J connectivity index is 2.79. The molecule has 1 nitrogen and oxygen atoms in total. The van der Waals surface area contributed by atoms with Crippen molar-refractivity contribution >= 4 is 11.6 Å². The summed E-state index contributed by atoms with van der Waals surface area (Å²) >= 11 is 6.10. The minimum Gasteiger partial charge on any atom is -0.310 e. The highest BCUT2D eigenvalue weighted by molar-refractivity contribution is 6.30. The SMILES string of the molecule is C#CCCCC(NCCC)c1cc(Cl)ccc1C. The maximum atomic E-state index is 6.10. The number of halogens is 1. The number of terminal acetylenes is 1. The van der Waals surface area contributed by atoms with E-state index in [1.807, 2.05) is 6.07 Å². The predicted molar refractivity (Wildman–Crippen MR) is 79.9 cm³/mol. The fourth-order valence-corrected chi connectivity index (χ4v) is 2.26. The van der Waals surface area contributed by atoms with Crippen LogP contribution in [0.1, 0.15) is 49.8 Å². The maximum Gasteiger partial charge on any atom is 0.0409 e. The second kappa shape index (κ2) is 8.19. The number of hydrogen-bond donors (Lipinski definition) is 1. The maximum absolute atomic E-state index is 6.10. The number of rotatable bonds is 7. The van der Waals surface area contributed by atoms with E-state index in [2.05, 4.69) is 37.2 Å². The van der Waals surface area contributed by atoms with Gasteiger partial charge in [0.25, 0.3) is 0 Å². The van der Waals surface area contributed by atoms with E-state index in [0.717, 1.165) is 37.3 Å². The number of benzene rings is 1. The second-order valence-corrected chi connectivity index (χ2v) is 5.04. The Bertz CT molecular complexity index is 406. The Morgan fingerprint density at radius 3 is 2.89 bits per heavy atom. The lowest BCUT2D eigenvalue weighted by molar-refractivity contribution is 0.486. The average molecular weight is 264 g/mol. The van der Waals surface area contributed by atoms with Gasteiger partial charge < -0.3 is 5.32 Å². The molecule has 0 radical (unpaired) electrons. The number of aryl methyl sites for hydroxylation is 1. The molecule has 0 aliphatic carbocycles. The second-order valence-electron chi connectivity index (χ2n) is 4.60. The van der Waals surface area contributed by atoms with Gasteiger partial charge in [-0.3, -0.25) is 0 Å². The molecule has 0 bridgehead atoms. The third-order valence-corrected chi connectivity index (χ3v) is 3.31. The van der Waals surface area contributed by atoms with Crippen LogP contribution in [0.2, 0.25) is 5.02 Å². The molecule has 1 N–H and O–H groups in total. The van der Waals surface area contributed by atoms with Crippen LogP contribution in [0.4, 0.5) is 0 Å². The van der Waals surface area contributed by atoms with Gasteiger partial charge in [0.05, 0.1) is 0 Å². The standard InChI is InChI=1S/C16H22ClN/c1-4-6-7-8-16(18-11-5-2)15-12-14(17)10-9-13(15)3/h1,9-10,12,16,18H,5-8,11H2,2-3H3. The summed E-state index contributed by atoms with van der Waals surface area (Å²) in [6, 6.07) is 6.45. The normalized spacial score (nSPS) is 12.1. The molecule has 0 fully saturated rings. The van der Waals surface area contributed by atoms with E-state index < -0.39 is 0 Å². The summed E-state index contributed by atoms with van der Waals surface area (Å²) in [7, 11) is 0. The van der Waals surface area contributed by atoms with Crippen molar-refractivity contribution in [2.75, 3.05) is 6.54 Å². The monoisotopic (exact) mass is 263 g/mol. The fraction of sp³-hybridized carbons (Fsp3) is 0.500. The molecular weight excluding hydrogens is 242 g/mol. The van der Waals surface area contributed by atoms with E-state index in [4.69, 9.17) is 18.0 Å². The molecule has 1 atom stereocenters. The number of nitrogens with one attached hydrogen (secondary N) is 1. The van der Waals surface area contributed by atoms with Crippen molar-refractivity contribution < 1.29 is 0 Å². The summed E-state index contributed by atoms with van der Waals surface area (Å²) in [4.78, 5) is 0. The number of unbranched alkanes of at least 4 members (excludes halogenated alkanes) is 1. The molecular formula is C16H22ClN. The largest absolute Gasteiger partial charge is 0.310 e. The van der Waals surface area contributed by atoms with Crippen molar-refractivity contribution in [2.45, 2.75) is 45.6 Å². The molecule has 0 aliphatic heterocycles. The molecule has 1 aromatic rings. The summed E-state index contributed by atoms with van der Waals surface area (Å²) in [6.07, 6.45) is 9.39. The Labute approximate surface area is 116 Å². The molecule has 0 saturated carbocycles. The van der Waals surface area contributed by atoms with Crippen LogP contribution >= 0.6 is 11.6 Å². The summed E-state index contributed by atoms with van der Waals surface area (Å²) < 4.78 is 0. The van der Waals surface area contributed by atoms with Crippen molar-refractivity contribution in [1.82, 2.24) is 5.32 Å². The van der Waals surface area contributed by atoms with E-state index in [-0.39, 0.29) is 0 Å². The van der Waals surface area contributed by atoms with Crippen LogP contribution in [0.15, 0.2) is 18.2 Å². The Hall–Kier alpha value is -0.970. The van der Waals surface area contributed by atoms with Gasteiger partial charge in [-0.25, -0.2) is 0 Å². The Morgan fingerprint density at radius 2 is 2.22 bits per heavy atom. The highest BCUT2D eigenvalue weighted by Crippen LogP contribution is 2.25. The van der Waals surface area contributed by atoms with Crippen LogP contribution in [-0.4, -0.2) is 6.54 Å². The van der Waals surface area contributed by atoms with Gasteiger partial charge >= 0.3 is 0 Å². The Kier molecular flexibility index (Phi) is 6.86. The van der Waals surface area contributed by atoms with E-state index in [1.54, 1.807) is 0 Å². The zero-order chi connectivity index (χ0) is 13.4. The van der Waals surface area contributed by atoms with Crippen LogP contribution in [0.25, 0.3) is 0 Å². The minimum absolute atomic E-state index is 0.358. The van der Waals surface area contributed by atoms with Crippen LogP contribution in [0.5, 0.6) is 0 Å². The zero-order valence-corrected chi connectivity index (χ0v) is 12.1. The molecule has 98 valence electrons. The first-order valence-corrected chi connectivity index (χ1v) is 6.99. The van der Waals surface area contributed by atoms with Gasteiger partial charge in [0, 0.05) is 17.5 Å². The summed E-state index contributed by atoms with van der Waals surface area (Å²) in [6.45, 7) is 5.33. The first-order chi connectivity index (χ1) is 8.69. The smallest absolute Gasteiger partial charge is 0.0409 e. The van der Waals surface area contributed by atoms with Crippen LogP contribution < -0.4 is 5.32 Å². The van der Waals surface area contributed by atoms with E-state index in [9.17, 15) is 0 Å². The van der Waals surface area contributed by atoms with Gasteiger partial charge in [-0.15, -0.1) is 12.3 Å². The third kappa shape index (κ3) is 4.72. The lowest BCUT2D eigenvalue weighted by atomic mass is 9.96. The van der Waals surface area contributed by atoms with Crippen molar-refractivity contribution in [2.24, 2.45) is 0 Å². The lowest BCUT2D eigenvalue weighted by Crippen LogP contribution is -2.22. The molecule has 0 aliphatic rings. The fourth-order valence-electron chi connectivity index (χ4n) is 2.08. The van der Waals surface area contributed by atoms with Gasteiger partial charge in [0.1, 0.15) is 0 Å².